The van der Waals surface area contributed by atoms with Crippen molar-refractivity contribution in [3.8, 4) is 0 Å². The molecule has 5 rings (SSSR count). The van der Waals surface area contributed by atoms with E-state index in [4.69, 9.17) is 0 Å². The Kier molecular flexibility index (Phi) is 3.77. The fraction of sp³-hybridized carbons (Fsp3) is 0.333. The third-order valence-electron chi connectivity index (χ3n) is 5.60. The zero-order chi connectivity index (χ0) is 18.4. The summed E-state index contributed by atoms with van der Waals surface area (Å²) >= 11 is 0. The Bertz CT molecular complexity index is 988. The average Bonchev–Trinajstić information content (AvgIpc) is 3.51. The molecule has 27 heavy (non-hydrogen) atoms. The molecule has 0 unspecified atom stereocenters. The molecule has 0 spiro atoms. The fourth-order valence-corrected chi connectivity index (χ4v) is 3.61. The summed E-state index contributed by atoms with van der Waals surface area (Å²) < 4.78 is 0. The molecule has 1 aliphatic carbocycles. The van der Waals surface area contributed by atoms with Gasteiger partial charge in [-0.1, -0.05) is 24.3 Å². The molecular formula is C21H21N5O. The molecule has 0 bridgehead atoms. The van der Waals surface area contributed by atoms with E-state index in [0.29, 0.717) is 11.6 Å². The zero-order valence-corrected chi connectivity index (χ0v) is 15.2. The van der Waals surface area contributed by atoms with E-state index in [-0.39, 0.29) is 11.9 Å². The zero-order valence-electron chi connectivity index (χ0n) is 15.2. The van der Waals surface area contributed by atoms with E-state index < -0.39 is 0 Å². The summed E-state index contributed by atoms with van der Waals surface area (Å²) in [4.78, 5) is 21.3. The van der Waals surface area contributed by atoms with Gasteiger partial charge in [0, 0.05) is 37.6 Å². The fourth-order valence-electron chi connectivity index (χ4n) is 3.61. The summed E-state index contributed by atoms with van der Waals surface area (Å²) in [6.45, 7) is 1.54. The number of rotatable bonds is 4. The molecule has 1 amide bonds. The maximum absolute atomic E-state index is 13.0. The van der Waals surface area contributed by atoms with E-state index >= 15 is 0 Å². The lowest BCUT2D eigenvalue weighted by atomic mass is 10.1. The third-order valence-corrected chi connectivity index (χ3v) is 5.60. The molecule has 6 nitrogen and oxygen atoms in total. The lowest BCUT2D eigenvalue weighted by Crippen LogP contribution is -2.60. The van der Waals surface area contributed by atoms with Gasteiger partial charge >= 0.3 is 0 Å². The van der Waals surface area contributed by atoms with Crippen molar-refractivity contribution in [2.24, 2.45) is 0 Å². The maximum atomic E-state index is 13.0. The van der Waals surface area contributed by atoms with Gasteiger partial charge in [-0.25, -0.2) is 0 Å². The van der Waals surface area contributed by atoms with Gasteiger partial charge in [-0.2, -0.15) is 5.10 Å². The third kappa shape index (κ3) is 2.91. The Hall–Kier alpha value is -3.02. The first kappa shape index (κ1) is 16.2. The molecule has 2 aliphatic rings. The van der Waals surface area contributed by atoms with Crippen molar-refractivity contribution in [3.63, 3.8) is 0 Å². The number of aromatic nitrogens is 3. The quantitative estimate of drug-likeness (QED) is 0.717. The van der Waals surface area contributed by atoms with Crippen LogP contribution in [0.4, 0.5) is 5.82 Å². The SMILES string of the molecule is CN(C(=O)c1nccc2ccccc12)C1CN(c2ccc(C3CC3)nn2)C1. The molecule has 1 saturated carbocycles. The Labute approximate surface area is 157 Å². The average molecular weight is 359 g/mol. The number of pyridine rings is 1. The first-order valence-corrected chi connectivity index (χ1v) is 9.40. The van der Waals surface area contributed by atoms with Gasteiger partial charge < -0.3 is 9.80 Å². The van der Waals surface area contributed by atoms with Crippen LogP contribution in [0.3, 0.4) is 0 Å². The van der Waals surface area contributed by atoms with Crippen molar-refractivity contribution in [2.75, 3.05) is 25.0 Å². The molecule has 136 valence electrons. The van der Waals surface area contributed by atoms with Gasteiger partial charge in [0.05, 0.1) is 11.7 Å². The Morgan fingerprint density at radius 2 is 1.89 bits per heavy atom. The number of hydrogen-bond donors (Lipinski definition) is 0. The predicted molar refractivity (Wildman–Crippen MR) is 104 cm³/mol. The van der Waals surface area contributed by atoms with Crippen LogP contribution in [0.15, 0.2) is 48.7 Å². The molecule has 1 aromatic carbocycles. The Morgan fingerprint density at radius 1 is 1.07 bits per heavy atom. The maximum Gasteiger partial charge on any atom is 0.273 e. The number of anilines is 1. The highest BCUT2D eigenvalue weighted by Gasteiger charge is 2.35. The van der Waals surface area contributed by atoms with Crippen molar-refractivity contribution in [1.82, 2.24) is 20.1 Å². The van der Waals surface area contributed by atoms with E-state index in [1.165, 1.54) is 12.8 Å². The number of hydrogen-bond acceptors (Lipinski definition) is 5. The van der Waals surface area contributed by atoms with Crippen molar-refractivity contribution in [1.29, 1.82) is 0 Å². The molecule has 3 aromatic rings. The van der Waals surface area contributed by atoms with Crippen LogP contribution in [-0.2, 0) is 0 Å². The molecule has 1 aliphatic heterocycles. The molecule has 2 fully saturated rings. The van der Waals surface area contributed by atoms with Crippen molar-refractivity contribution < 1.29 is 4.79 Å². The van der Waals surface area contributed by atoms with Crippen LogP contribution in [0, 0.1) is 0 Å². The number of amides is 1. The van der Waals surface area contributed by atoms with E-state index in [1.807, 2.05) is 43.4 Å². The summed E-state index contributed by atoms with van der Waals surface area (Å²) in [7, 11) is 1.86. The minimum absolute atomic E-state index is 0.0355. The first-order valence-electron chi connectivity index (χ1n) is 9.40. The molecule has 0 radical (unpaired) electrons. The highest BCUT2D eigenvalue weighted by molar-refractivity contribution is 6.05. The summed E-state index contributed by atoms with van der Waals surface area (Å²) in [5.41, 5.74) is 1.62. The van der Waals surface area contributed by atoms with Gasteiger partial charge in [0.25, 0.3) is 5.91 Å². The molecule has 0 atom stereocenters. The van der Waals surface area contributed by atoms with E-state index in [0.717, 1.165) is 35.4 Å². The minimum atomic E-state index is -0.0355. The Balaban J connectivity index is 1.28. The standard InChI is InChI=1S/C21H21N5O/c1-25(21(27)20-17-5-3-2-4-14(17)10-11-22-20)16-12-26(13-16)19-9-8-18(23-24-19)15-6-7-15/h2-5,8-11,15-16H,6-7,12-13H2,1H3. The predicted octanol–water partition coefficient (Wildman–Crippen LogP) is 2.86. The largest absolute Gasteiger partial charge is 0.351 e. The summed E-state index contributed by atoms with van der Waals surface area (Å²) in [6, 6.07) is 14.1. The van der Waals surface area contributed by atoms with E-state index in [9.17, 15) is 4.79 Å². The van der Waals surface area contributed by atoms with Crippen LogP contribution < -0.4 is 4.90 Å². The van der Waals surface area contributed by atoms with Crippen LogP contribution >= 0.6 is 0 Å². The topological polar surface area (TPSA) is 62.2 Å². The second-order valence-electron chi connectivity index (χ2n) is 7.45. The van der Waals surface area contributed by atoms with Crippen molar-refractivity contribution >= 4 is 22.5 Å². The minimum Gasteiger partial charge on any atom is -0.351 e. The second kappa shape index (κ2) is 6.30. The summed E-state index contributed by atoms with van der Waals surface area (Å²) in [5.74, 6) is 1.47. The lowest BCUT2D eigenvalue weighted by molar-refractivity contribution is 0.0701. The highest BCUT2D eigenvalue weighted by atomic mass is 16.2. The Morgan fingerprint density at radius 3 is 2.63 bits per heavy atom. The normalized spacial score (nSPS) is 17.0. The monoisotopic (exact) mass is 359 g/mol. The van der Waals surface area contributed by atoms with Crippen LogP contribution in [0.25, 0.3) is 10.8 Å². The smallest absolute Gasteiger partial charge is 0.273 e. The summed E-state index contributed by atoms with van der Waals surface area (Å²) in [6.07, 6.45) is 4.16. The molecule has 0 N–H and O–H groups in total. The molecule has 1 saturated heterocycles. The van der Waals surface area contributed by atoms with Gasteiger partial charge in [-0.15, -0.1) is 5.10 Å². The number of nitrogens with zero attached hydrogens (tertiary/aromatic N) is 5. The van der Waals surface area contributed by atoms with Crippen LogP contribution in [-0.4, -0.2) is 52.2 Å². The first-order chi connectivity index (χ1) is 13.2. The lowest BCUT2D eigenvalue weighted by Gasteiger charge is -2.44. The second-order valence-corrected chi connectivity index (χ2v) is 7.45. The molecule has 6 heteroatoms. The van der Waals surface area contributed by atoms with Crippen LogP contribution in [0.1, 0.15) is 34.9 Å². The summed E-state index contributed by atoms with van der Waals surface area (Å²) in [5, 5.41) is 10.6. The molecule has 3 heterocycles. The van der Waals surface area contributed by atoms with Gasteiger partial charge in [0.2, 0.25) is 0 Å². The van der Waals surface area contributed by atoms with E-state index in [1.54, 1.807) is 11.1 Å². The van der Waals surface area contributed by atoms with Gasteiger partial charge in [-0.3, -0.25) is 9.78 Å². The van der Waals surface area contributed by atoms with E-state index in [2.05, 4.69) is 26.1 Å². The molecular weight excluding hydrogens is 338 g/mol. The van der Waals surface area contributed by atoms with Crippen molar-refractivity contribution in [2.45, 2.75) is 24.8 Å². The van der Waals surface area contributed by atoms with Crippen LogP contribution in [0.2, 0.25) is 0 Å². The van der Waals surface area contributed by atoms with Gasteiger partial charge in [-0.05, 0) is 36.4 Å². The number of carbonyl (C=O) groups is 1. The molecule has 2 aromatic heterocycles. The van der Waals surface area contributed by atoms with Crippen molar-refractivity contribution in [3.05, 3.63) is 60.0 Å². The number of likely N-dealkylation sites (N-methyl/N-ethyl adjacent to an activating group) is 1. The highest BCUT2D eigenvalue weighted by Crippen LogP contribution is 2.38. The van der Waals surface area contributed by atoms with Gasteiger partial charge in [0.1, 0.15) is 5.69 Å². The number of benzene rings is 1. The van der Waals surface area contributed by atoms with Gasteiger partial charge in [0.15, 0.2) is 5.82 Å². The number of carbonyl (C=O) groups excluding carboxylic acids is 1. The number of fused-ring (bicyclic) bond motifs is 1. The van der Waals surface area contributed by atoms with Crippen LogP contribution in [0.5, 0.6) is 0 Å².